The van der Waals surface area contributed by atoms with Crippen LogP contribution in [0, 0.1) is 5.82 Å². The van der Waals surface area contributed by atoms with E-state index in [2.05, 4.69) is 15.9 Å². The lowest BCUT2D eigenvalue weighted by molar-refractivity contribution is -0.108. The molecule has 2 rings (SSSR count). The highest BCUT2D eigenvalue weighted by molar-refractivity contribution is 9.10. The minimum absolute atomic E-state index is 0.184. The van der Waals surface area contributed by atoms with Gasteiger partial charge in [-0.25, -0.2) is 4.39 Å². The number of rotatable bonds is 3. The summed E-state index contributed by atoms with van der Waals surface area (Å²) in [6.45, 7) is 2.87. The van der Waals surface area contributed by atoms with Gasteiger partial charge in [-0.15, -0.1) is 0 Å². The predicted molar refractivity (Wildman–Crippen MR) is 68.8 cm³/mol. The fourth-order valence-corrected chi connectivity index (χ4v) is 2.43. The zero-order chi connectivity index (χ0) is 13.1. The maximum absolute atomic E-state index is 14.2. The third-order valence-corrected chi connectivity index (χ3v) is 3.64. The van der Waals surface area contributed by atoms with E-state index >= 15 is 0 Å². The van der Waals surface area contributed by atoms with E-state index in [1.165, 1.54) is 0 Å². The summed E-state index contributed by atoms with van der Waals surface area (Å²) in [5, 5.41) is 0. The fourth-order valence-electron chi connectivity index (χ4n) is 1.89. The Bertz CT molecular complexity index is 462. The van der Waals surface area contributed by atoms with Crippen molar-refractivity contribution >= 4 is 22.2 Å². The molecule has 0 spiro atoms. The van der Waals surface area contributed by atoms with E-state index in [1.807, 2.05) is 6.92 Å². The lowest BCUT2D eigenvalue weighted by atomic mass is 9.97. The second kappa shape index (κ2) is 5.69. The van der Waals surface area contributed by atoms with Gasteiger partial charge in [-0.3, -0.25) is 0 Å². The van der Waals surface area contributed by atoms with Crippen molar-refractivity contribution in [2.24, 2.45) is 0 Å². The van der Waals surface area contributed by atoms with Gasteiger partial charge in [-0.1, -0.05) is 6.92 Å². The van der Waals surface area contributed by atoms with Gasteiger partial charge >= 0.3 is 0 Å². The van der Waals surface area contributed by atoms with Crippen LogP contribution in [0.4, 0.5) is 4.39 Å². The Hall–Kier alpha value is -1.10. The molecule has 0 radical (unpaired) electrons. The summed E-state index contributed by atoms with van der Waals surface area (Å²) in [5.74, 6) is 0.380. The van der Waals surface area contributed by atoms with Crippen molar-refractivity contribution in [1.82, 2.24) is 0 Å². The molecule has 0 fully saturated rings. The zero-order valence-electron chi connectivity index (χ0n) is 10.0. The Morgan fingerprint density at radius 2 is 2.22 bits per heavy atom. The molecule has 0 amide bonds. The molecule has 0 N–H and O–H groups in total. The van der Waals surface area contributed by atoms with Crippen LogP contribution in [0.3, 0.4) is 0 Å². The molecule has 1 aliphatic rings. The third kappa shape index (κ3) is 2.51. The van der Waals surface area contributed by atoms with Gasteiger partial charge in [0.05, 0.1) is 17.7 Å². The van der Waals surface area contributed by atoms with Gasteiger partial charge in [-0.2, -0.15) is 0 Å². The standard InChI is InChI=1S/C13H14BrFO3/c1-8(3-4-16)9-7-10-13(11(14)12(9)15)18-6-2-5-17-10/h4,7-8H,2-3,5-6H2,1H3. The Labute approximate surface area is 113 Å². The van der Waals surface area contributed by atoms with Gasteiger partial charge in [0.2, 0.25) is 0 Å². The Morgan fingerprint density at radius 3 is 2.94 bits per heavy atom. The van der Waals surface area contributed by atoms with E-state index in [0.29, 0.717) is 30.3 Å². The first kappa shape index (κ1) is 13.3. The van der Waals surface area contributed by atoms with E-state index in [-0.39, 0.29) is 22.6 Å². The molecule has 0 saturated heterocycles. The normalized spacial score (nSPS) is 15.9. The Kier molecular flexibility index (Phi) is 4.22. The van der Waals surface area contributed by atoms with Crippen molar-refractivity contribution in [3.05, 3.63) is 21.9 Å². The predicted octanol–water partition coefficient (Wildman–Crippen LogP) is 3.44. The van der Waals surface area contributed by atoms with Crippen molar-refractivity contribution in [3.8, 4) is 11.5 Å². The van der Waals surface area contributed by atoms with Gasteiger partial charge in [0.15, 0.2) is 11.5 Å². The van der Waals surface area contributed by atoms with Crippen LogP contribution in [0.1, 0.15) is 31.2 Å². The zero-order valence-corrected chi connectivity index (χ0v) is 11.6. The van der Waals surface area contributed by atoms with Crippen LogP contribution >= 0.6 is 15.9 Å². The summed E-state index contributed by atoms with van der Waals surface area (Å²) in [6.07, 6.45) is 1.84. The van der Waals surface area contributed by atoms with Crippen molar-refractivity contribution < 1.29 is 18.7 Å². The lowest BCUT2D eigenvalue weighted by Gasteiger charge is -2.16. The van der Waals surface area contributed by atoms with Crippen LogP contribution in [0.5, 0.6) is 11.5 Å². The number of carbonyl (C=O) groups excluding carboxylic acids is 1. The molecule has 1 atom stereocenters. The number of hydrogen-bond acceptors (Lipinski definition) is 3. The van der Waals surface area contributed by atoms with Gasteiger partial charge in [0.1, 0.15) is 12.1 Å². The van der Waals surface area contributed by atoms with E-state index < -0.39 is 0 Å². The first-order chi connectivity index (χ1) is 8.65. The maximum Gasteiger partial charge on any atom is 0.178 e. The van der Waals surface area contributed by atoms with Crippen molar-refractivity contribution in [2.45, 2.75) is 25.7 Å². The van der Waals surface area contributed by atoms with Crippen LogP contribution < -0.4 is 9.47 Å². The number of carbonyl (C=O) groups is 1. The maximum atomic E-state index is 14.2. The molecule has 1 unspecified atom stereocenters. The van der Waals surface area contributed by atoms with E-state index in [1.54, 1.807) is 6.07 Å². The van der Waals surface area contributed by atoms with Crippen molar-refractivity contribution in [2.75, 3.05) is 13.2 Å². The summed E-state index contributed by atoms with van der Waals surface area (Å²) in [6, 6.07) is 1.63. The topological polar surface area (TPSA) is 35.5 Å². The molecule has 0 bridgehead atoms. The van der Waals surface area contributed by atoms with Gasteiger partial charge < -0.3 is 14.3 Å². The molecule has 1 aromatic rings. The second-order valence-corrected chi connectivity index (χ2v) is 5.07. The number of hydrogen-bond donors (Lipinski definition) is 0. The van der Waals surface area contributed by atoms with Crippen LogP contribution in [-0.4, -0.2) is 19.5 Å². The van der Waals surface area contributed by atoms with Crippen LogP contribution in [0.25, 0.3) is 0 Å². The second-order valence-electron chi connectivity index (χ2n) is 4.27. The Morgan fingerprint density at radius 1 is 1.50 bits per heavy atom. The molecule has 1 aromatic carbocycles. The van der Waals surface area contributed by atoms with E-state index in [0.717, 1.165) is 12.7 Å². The molecule has 3 nitrogen and oxygen atoms in total. The molecule has 0 aliphatic carbocycles. The van der Waals surface area contributed by atoms with Crippen molar-refractivity contribution in [1.29, 1.82) is 0 Å². The number of halogens is 2. The quantitative estimate of drug-likeness (QED) is 0.801. The van der Waals surface area contributed by atoms with Crippen LogP contribution in [0.2, 0.25) is 0 Å². The first-order valence-electron chi connectivity index (χ1n) is 5.86. The number of fused-ring (bicyclic) bond motifs is 1. The van der Waals surface area contributed by atoms with Crippen LogP contribution in [0.15, 0.2) is 10.5 Å². The largest absolute Gasteiger partial charge is 0.490 e. The highest BCUT2D eigenvalue weighted by Crippen LogP contribution is 2.42. The number of ether oxygens (including phenoxy) is 2. The highest BCUT2D eigenvalue weighted by Gasteiger charge is 2.23. The SMILES string of the molecule is CC(CC=O)c1cc2c(c(Br)c1F)OCCCO2. The first-order valence-corrected chi connectivity index (χ1v) is 6.65. The van der Waals surface area contributed by atoms with Gasteiger partial charge in [-0.05, 0) is 33.5 Å². The van der Waals surface area contributed by atoms with E-state index in [9.17, 15) is 9.18 Å². The molecule has 1 heterocycles. The molecule has 18 heavy (non-hydrogen) atoms. The average molecular weight is 317 g/mol. The summed E-state index contributed by atoms with van der Waals surface area (Å²) >= 11 is 3.20. The highest BCUT2D eigenvalue weighted by atomic mass is 79.9. The molecule has 5 heteroatoms. The minimum atomic E-state index is -0.381. The van der Waals surface area contributed by atoms with Crippen LogP contribution in [-0.2, 0) is 4.79 Å². The summed E-state index contributed by atoms with van der Waals surface area (Å²) < 4.78 is 25.5. The molecule has 0 saturated carbocycles. The van der Waals surface area contributed by atoms with E-state index in [4.69, 9.17) is 9.47 Å². The molecular formula is C13H14BrFO3. The molecule has 1 aliphatic heterocycles. The fraction of sp³-hybridized carbons (Fsp3) is 0.462. The average Bonchev–Trinajstić information content (AvgIpc) is 2.59. The monoisotopic (exact) mass is 316 g/mol. The minimum Gasteiger partial charge on any atom is -0.490 e. The molecular weight excluding hydrogens is 303 g/mol. The van der Waals surface area contributed by atoms with Gasteiger partial charge in [0, 0.05) is 12.8 Å². The number of aldehydes is 1. The summed E-state index contributed by atoms with van der Waals surface area (Å²) in [7, 11) is 0. The molecule has 0 aromatic heterocycles. The van der Waals surface area contributed by atoms with Crippen molar-refractivity contribution in [3.63, 3.8) is 0 Å². The summed E-state index contributed by atoms with van der Waals surface area (Å²) in [5.41, 5.74) is 0.471. The van der Waals surface area contributed by atoms with Gasteiger partial charge in [0.25, 0.3) is 0 Å². The number of benzene rings is 1. The third-order valence-electron chi connectivity index (χ3n) is 2.93. The lowest BCUT2D eigenvalue weighted by Crippen LogP contribution is -2.02. The smallest absolute Gasteiger partial charge is 0.178 e. The molecule has 98 valence electrons. The summed E-state index contributed by atoms with van der Waals surface area (Å²) in [4.78, 5) is 10.5. The Balaban J connectivity index is 2.46.